The van der Waals surface area contributed by atoms with Crippen molar-refractivity contribution < 1.29 is 22.7 Å². The van der Waals surface area contributed by atoms with Crippen molar-refractivity contribution in [2.75, 3.05) is 25.0 Å². The summed E-state index contributed by atoms with van der Waals surface area (Å²) in [6.45, 7) is 3.42. The van der Waals surface area contributed by atoms with Crippen molar-refractivity contribution >= 4 is 50.0 Å². The first-order valence-electron chi connectivity index (χ1n) is 10.0. The number of sulfonamides is 1. The van der Waals surface area contributed by atoms with E-state index in [4.69, 9.17) is 16.3 Å². The number of hydrogen-bond acceptors (Lipinski definition) is 5. The third-order valence-corrected chi connectivity index (χ3v) is 7.39. The van der Waals surface area contributed by atoms with Crippen molar-refractivity contribution in [1.29, 1.82) is 0 Å². The Labute approximate surface area is 192 Å². The van der Waals surface area contributed by atoms with Crippen molar-refractivity contribution in [2.45, 2.75) is 18.7 Å². The number of halogens is 1. The van der Waals surface area contributed by atoms with Gasteiger partial charge in [0, 0.05) is 18.8 Å². The summed E-state index contributed by atoms with van der Waals surface area (Å²) in [4.78, 5) is 24.5. The topological polar surface area (TPSA) is 92.8 Å². The van der Waals surface area contributed by atoms with Gasteiger partial charge in [-0.15, -0.1) is 0 Å². The zero-order chi connectivity index (χ0) is 23.3. The highest BCUT2D eigenvalue weighted by molar-refractivity contribution is 7.89. The van der Waals surface area contributed by atoms with E-state index in [1.807, 2.05) is 36.4 Å². The molecule has 0 radical (unpaired) electrons. The minimum Gasteiger partial charge on any atom is -0.452 e. The highest BCUT2D eigenvalue weighted by atomic mass is 35.5. The molecule has 0 unspecified atom stereocenters. The van der Waals surface area contributed by atoms with Crippen LogP contribution in [0.1, 0.15) is 24.2 Å². The Bertz CT molecular complexity index is 1260. The average molecular weight is 475 g/mol. The summed E-state index contributed by atoms with van der Waals surface area (Å²) in [5, 5.41) is 4.68. The number of fused-ring (bicyclic) bond motifs is 1. The lowest BCUT2D eigenvalue weighted by Gasteiger charge is -2.19. The molecule has 3 aromatic carbocycles. The fourth-order valence-corrected chi connectivity index (χ4v) is 5.17. The van der Waals surface area contributed by atoms with E-state index in [0.717, 1.165) is 10.8 Å². The molecule has 0 saturated carbocycles. The van der Waals surface area contributed by atoms with Gasteiger partial charge in [-0.05, 0) is 41.1 Å². The molecule has 1 N–H and O–H groups in total. The Hall–Kier alpha value is -2.94. The minimum absolute atomic E-state index is 0.00231. The van der Waals surface area contributed by atoms with Crippen LogP contribution in [0, 0.1) is 0 Å². The smallest absolute Gasteiger partial charge is 0.338 e. The monoisotopic (exact) mass is 474 g/mol. The molecule has 0 atom stereocenters. The Morgan fingerprint density at radius 3 is 2.34 bits per heavy atom. The van der Waals surface area contributed by atoms with E-state index in [-0.39, 0.29) is 28.6 Å². The predicted molar refractivity (Wildman–Crippen MR) is 124 cm³/mol. The number of carbonyl (C=O) groups is 2. The number of rotatable bonds is 8. The molecular weight excluding hydrogens is 452 g/mol. The Morgan fingerprint density at radius 2 is 1.66 bits per heavy atom. The molecule has 0 heterocycles. The van der Waals surface area contributed by atoms with Gasteiger partial charge in [-0.2, -0.15) is 4.31 Å². The number of anilines is 1. The van der Waals surface area contributed by atoms with Gasteiger partial charge in [0.25, 0.3) is 5.91 Å². The van der Waals surface area contributed by atoms with Gasteiger partial charge in [0.15, 0.2) is 6.61 Å². The molecular formula is C23H23ClN2O5S. The zero-order valence-electron chi connectivity index (χ0n) is 17.7. The second kappa shape index (κ2) is 10.1. The third kappa shape index (κ3) is 5.27. The molecule has 168 valence electrons. The fourth-order valence-electron chi connectivity index (χ4n) is 3.21. The molecule has 0 fully saturated rings. The molecule has 0 spiro atoms. The molecule has 9 heteroatoms. The first-order valence-corrected chi connectivity index (χ1v) is 11.8. The van der Waals surface area contributed by atoms with Crippen molar-refractivity contribution in [3.63, 3.8) is 0 Å². The molecule has 1 amide bonds. The Kier molecular flexibility index (Phi) is 7.50. The quantitative estimate of drug-likeness (QED) is 0.491. The lowest BCUT2D eigenvalue weighted by atomic mass is 10.1. The maximum Gasteiger partial charge on any atom is 0.338 e. The van der Waals surface area contributed by atoms with Crippen molar-refractivity contribution in [3.8, 4) is 0 Å². The first-order chi connectivity index (χ1) is 15.3. The summed E-state index contributed by atoms with van der Waals surface area (Å²) in [5.41, 5.74) is 0.558. The SMILES string of the molecule is CCN(CC)S(=O)(=O)c1cc(C(=O)OCC(=O)Nc2ccc3ccccc3c2)ccc1Cl. The van der Waals surface area contributed by atoms with Crippen molar-refractivity contribution in [2.24, 2.45) is 0 Å². The lowest BCUT2D eigenvalue weighted by Crippen LogP contribution is -2.31. The molecule has 0 aliphatic carbocycles. The molecule has 0 aliphatic heterocycles. The van der Waals surface area contributed by atoms with Gasteiger partial charge in [-0.1, -0.05) is 55.8 Å². The van der Waals surface area contributed by atoms with Crippen LogP contribution in [-0.2, 0) is 19.6 Å². The van der Waals surface area contributed by atoms with Crippen LogP contribution in [0.2, 0.25) is 5.02 Å². The number of amides is 1. The summed E-state index contributed by atoms with van der Waals surface area (Å²) >= 11 is 6.08. The summed E-state index contributed by atoms with van der Waals surface area (Å²) in [6, 6.07) is 17.0. The van der Waals surface area contributed by atoms with Crippen LogP contribution < -0.4 is 5.32 Å². The number of esters is 1. The second-order valence-electron chi connectivity index (χ2n) is 6.92. The van der Waals surface area contributed by atoms with E-state index >= 15 is 0 Å². The molecule has 32 heavy (non-hydrogen) atoms. The number of hydrogen-bond donors (Lipinski definition) is 1. The normalized spacial score (nSPS) is 11.5. The molecule has 7 nitrogen and oxygen atoms in total. The van der Waals surface area contributed by atoms with Gasteiger partial charge in [0.05, 0.1) is 10.6 Å². The van der Waals surface area contributed by atoms with E-state index < -0.39 is 28.5 Å². The van der Waals surface area contributed by atoms with Crippen LogP contribution in [-0.4, -0.2) is 44.3 Å². The van der Waals surface area contributed by atoms with Crippen LogP contribution in [0.5, 0.6) is 0 Å². The van der Waals surface area contributed by atoms with Crippen LogP contribution in [0.4, 0.5) is 5.69 Å². The lowest BCUT2D eigenvalue weighted by molar-refractivity contribution is -0.119. The van der Waals surface area contributed by atoms with Gasteiger partial charge in [-0.3, -0.25) is 4.79 Å². The molecule has 0 bridgehead atoms. The summed E-state index contributed by atoms with van der Waals surface area (Å²) in [5.74, 6) is -1.34. The number of nitrogens with one attached hydrogen (secondary N) is 1. The molecule has 0 aliphatic rings. The maximum absolute atomic E-state index is 12.8. The number of benzene rings is 3. The number of carbonyl (C=O) groups excluding carboxylic acids is 2. The van der Waals surface area contributed by atoms with Crippen LogP contribution in [0.25, 0.3) is 10.8 Å². The van der Waals surface area contributed by atoms with Crippen molar-refractivity contribution in [1.82, 2.24) is 4.31 Å². The summed E-state index contributed by atoms with van der Waals surface area (Å²) < 4.78 is 31.9. The maximum atomic E-state index is 12.8. The van der Waals surface area contributed by atoms with Crippen LogP contribution in [0.15, 0.2) is 65.6 Å². The van der Waals surface area contributed by atoms with Crippen LogP contribution >= 0.6 is 11.6 Å². The molecule has 3 aromatic rings. The highest BCUT2D eigenvalue weighted by Gasteiger charge is 2.26. The van der Waals surface area contributed by atoms with Gasteiger partial charge >= 0.3 is 5.97 Å². The minimum atomic E-state index is -3.86. The first kappa shape index (κ1) is 23.7. The van der Waals surface area contributed by atoms with Gasteiger partial charge in [0.1, 0.15) is 4.90 Å². The van der Waals surface area contributed by atoms with E-state index in [0.29, 0.717) is 5.69 Å². The largest absolute Gasteiger partial charge is 0.452 e. The van der Waals surface area contributed by atoms with Crippen LogP contribution in [0.3, 0.4) is 0 Å². The third-order valence-electron chi connectivity index (χ3n) is 4.86. The standard InChI is InChI=1S/C23H23ClN2O5S/c1-3-26(4-2)32(29,30)21-14-18(10-12-20(21)24)23(28)31-15-22(27)25-19-11-9-16-7-5-6-8-17(16)13-19/h5-14H,3-4,15H2,1-2H3,(H,25,27). The zero-order valence-corrected chi connectivity index (χ0v) is 19.2. The highest BCUT2D eigenvalue weighted by Crippen LogP contribution is 2.26. The second-order valence-corrected chi connectivity index (χ2v) is 9.23. The number of nitrogens with zero attached hydrogens (tertiary/aromatic N) is 1. The van der Waals surface area contributed by atoms with Crippen molar-refractivity contribution in [3.05, 3.63) is 71.2 Å². The average Bonchev–Trinajstić information content (AvgIpc) is 2.78. The predicted octanol–water partition coefficient (Wildman–Crippen LogP) is 4.32. The molecule has 3 rings (SSSR count). The Balaban J connectivity index is 1.68. The van der Waals surface area contributed by atoms with E-state index in [1.54, 1.807) is 19.9 Å². The van der Waals surface area contributed by atoms with Gasteiger partial charge < -0.3 is 10.1 Å². The van der Waals surface area contributed by atoms with Gasteiger partial charge in [0.2, 0.25) is 10.0 Å². The Morgan fingerprint density at radius 1 is 0.969 bits per heavy atom. The van der Waals surface area contributed by atoms with E-state index in [9.17, 15) is 18.0 Å². The summed E-state index contributed by atoms with van der Waals surface area (Å²) in [7, 11) is -3.86. The summed E-state index contributed by atoms with van der Waals surface area (Å²) in [6.07, 6.45) is 0. The molecule has 0 saturated heterocycles. The van der Waals surface area contributed by atoms with E-state index in [2.05, 4.69) is 5.32 Å². The van der Waals surface area contributed by atoms with Gasteiger partial charge in [-0.25, -0.2) is 13.2 Å². The van der Waals surface area contributed by atoms with E-state index in [1.165, 1.54) is 22.5 Å². The molecule has 0 aromatic heterocycles. The fraction of sp³-hybridized carbons (Fsp3) is 0.217. The number of ether oxygens (including phenoxy) is 1.